The van der Waals surface area contributed by atoms with E-state index >= 15 is 0 Å². The van der Waals surface area contributed by atoms with E-state index in [-0.39, 0.29) is 18.7 Å². The molecular weight excluding hydrogens is 196 g/mol. The SMILES string of the molecule is O=C(O[C@@H]1COC(O)C1)c1ccccc1. The molecule has 1 unspecified atom stereocenters. The van der Waals surface area contributed by atoms with Crippen molar-refractivity contribution < 1.29 is 19.4 Å². The second-order valence-electron chi connectivity index (χ2n) is 3.42. The first-order valence-corrected chi connectivity index (χ1v) is 4.81. The number of esters is 1. The van der Waals surface area contributed by atoms with Gasteiger partial charge in [-0.2, -0.15) is 0 Å². The van der Waals surface area contributed by atoms with Gasteiger partial charge in [0.05, 0.1) is 12.2 Å². The van der Waals surface area contributed by atoms with Gasteiger partial charge in [0.2, 0.25) is 0 Å². The number of carbonyl (C=O) groups excluding carboxylic acids is 1. The number of aliphatic hydroxyl groups excluding tert-OH is 1. The van der Waals surface area contributed by atoms with Gasteiger partial charge < -0.3 is 14.6 Å². The van der Waals surface area contributed by atoms with E-state index in [1.54, 1.807) is 24.3 Å². The van der Waals surface area contributed by atoms with Crippen LogP contribution in [0.4, 0.5) is 0 Å². The molecular formula is C11H12O4. The molecule has 1 aliphatic heterocycles. The van der Waals surface area contributed by atoms with Crippen LogP contribution < -0.4 is 0 Å². The fourth-order valence-electron chi connectivity index (χ4n) is 1.46. The molecule has 1 N–H and O–H groups in total. The highest BCUT2D eigenvalue weighted by Gasteiger charge is 2.26. The molecule has 0 saturated carbocycles. The van der Waals surface area contributed by atoms with Crippen LogP contribution in [0.15, 0.2) is 30.3 Å². The summed E-state index contributed by atoms with van der Waals surface area (Å²) >= 11 is 0. The van der Waals surface area contributed by atoms with Gasteiger partial charge in [0.1, 0.15) is 6.10 Å². The van der Waals surface area contributed by atoms with Crippen LogP contribution in [0.1, 0.15) is 16.8 Å². The molecule has 1 aliphatic rings. The maximum atomic E-state index is 11.5. The van der Waals surface area contributed by atoms with E-state index in [4.69, 9.17) is 14.6 Å². The largest absolute Gasteiger partial charge is 0.456 e. The molecule has 1 aromatic carbocycles. The molecule has 0 aliphatic carbocycles. The number of hydrogen-bond acceptors (Lipinski definition) is 4. The zero-order chi connectivity index (χ0) is 10.7. The van der Waals surface area contributed by atoms with Crippen LogP contribution in [0.25, 0.3) is 0 Å². The van der Waals surface area contributed by atoms with Crippen LogP contribution in [0.3, 0.4) is 0 Å². The molecule has 1 heterocycles. The maximum absolute atomic E-state index is 11.5. The van der Waals surface area contributed by atoms with Crippen molar-refractivity contribution in [2.75, 3.05) is 6.61 Å². The minimum absolute atomic E-state index is 0.264. The Kier molecular flexibility index (Phi) is 2.99. The third-order valence-electron chi connectivity index (χ3n) is 2.22. The zero-order valence-corrected chi connectivity index (χ0v) is 8.13. The lowest BCUT2D eigenvalue weighted by Gasteiger charge is -2.09. The number of ether oxygens (including phenoxy) is 2. The number of carbonyl (C=O) groups is 1. The Labute approximate surface area is 87.4 Å². The van der Waals surface area contributed by atoms with Crippen molar-refractivity contribution in [3.05, 3.63) is 35.9 Å². The second-order valence-corrected chi connectivity index (χ2v) is 3.42. The van der Waals surface area contributed by atoms with Crippen LogP contribution >= 0.6 is 0 Å². The summed E-state index contributed by atoms with van der Waals surface area (Å²) in [7, 11) is 0. The van der Waals surface area contributed by atoms with Gasteiger partial charge in [0, 0.05) is 6.42 Å². The number of rotatable bonds is 2. The van der Waals surface area contributed by atoms with E-state index in [2.05, 4.69) is 0 Å². The van der Waals surface area contributed by atoms with E-state index < -0.39 is 6.29 Å². The molecule has 2 rings (SSSR count). The Morgan fingerprint density at radius 1 is 1.40 bits per heavy atom. The van der Waals surface area contributed by atoms with Gasteiger partial charge in [-0.25, -0.2) is 4.79 Å². The summed E-state index contributed by atoms with van der Waals surface area (Å²) in [6.07, 6.45) is -0.801. The molecule has 0 aromatic heterocycles. The molecule has 0 spiro atoms. The minimum Gasteiger partial charge on any atom is -0.456 e. The van der Waals surface area contributed by atoms with E-state index in [0.717, 1.165) is 0 Å². The number of aliphatic hydroxyl groups is 1. The highest BCUT2D eigenvalue weighted by atomic mass is 16.6. The lowest BCUT2D eigenvalue weighted by Crippen LogP contribution is -2.18. The van der Waals surface area contributed by atoms with Crippen LogP contribution in [0, 0.1) is 0 Å². The molecule has 15 heavy (non-hydrogen) atoms. The molecule has 80 valence electrons. The molecule has 0 bridgehead atoms. The van der Waals surface area contributed by atoms with E-state index in [0.29, 0.717) is 12.0 Å². The van der Waals surface area contributed by atoms with Gasteiger partial charge in [0.25, 0.3) is 0 Å². The summed E-state index contributed by atoms with van der Waals surface area (Å²) in [4.78, 5) is 11.5. The standard InChI is InChI=1S/C11H12O4/c12-10-6-9(7-14-10)15-11(13)8-4-2-1-3-5-8/h1-5,9-10,12H,6-7H2/t9-,10?/m0/s1. The van der Waals surface area contributed by atoms with E-state index in [1.165, 1.54) is 0 Å². The van der Waals surface area contributed by atoms with Gasteiger partial charge in [-0.1, -0.05) is 18.2 Å². The minimum atomic E-state index is -0.807. The molecule has 0 amide bonds. The Hall–Kier alpha value is -1.39. The highest BCUT2D eigenvalue weighted by Crippen LogP contribution is 2.15. The summed E-state index contributed by atoms with van der Waals surface area (Å²) in [5.41, 5.74) is 0.513. The van der Waals surface area contributed by atoms with Gasteiger partial charge in [0.15, 0.2) is 6.29 Å². The van der Waals surface area contributed by atoms with Crippen LogP contribution in [-0.2, 0) is 9.47 Å². The van der Waals surface area contributed by atoms with Crippen LogP contribution in [0.5, 0.6) is 0 Å². The van der Waals surface area contributed by atoms with Crippen LogP contribution in [0.2, 0.25) is 0 Å². The Morgan fingerprint density at radius 2 is 2.13 bits per heavy atom. The van der Waals surface area contributed by atoms with Crippen molar-refractivity contribution >= 4 is 5.97 Å². The van der Waals surface area contributed by atoms with E-state index in [1.807, 2.05) is 6.07 Å². The van der Waals surface area contributed by atoms with Crippen molar-refractivity contribution in [3.8, 4) is 0 Å². The lowest BCUT2D eigenvalue weighted by molar-refractivity contribution is -0.0597. The van der Waals surface area contributed by atoms with Crippen molar-refractivity contribution in [3.63, 3.8) is 0 Å². The van der Waals surface area contributed by atoms with Crippen LogP contribution in [-0.4, -0.2) is 30.1 Å². The highest BCUT2D eigenvalue weighted by molar-refractivity contribution is 5.89. The van der Waals surface area contributed by atoms with Gasteiger partial charge in [-0.15, -0.1) is 0 Å². The van der Waals surface area contributed by atoms with Gasteiger partial charge in [-0.3, -0.25) is 0 Å². The first-order chi connectivity index (χ1) is 7.25. The third kappa shape index (κ3) is 2.55. The fraction of sp³-hybridized carbons (Fsp3) is 0.364. The second kappa shape index (κ2) is 4.42. The topological polar surface area (TPSA) is 55.8 Å². The predicted octanol–water partition coefficient (Wildman–Crippen LogP) is 0.951. The first kappa shape index (κ1) is 10.1. The molecule has 2 atom stereocenters. The average molecular weight is 208 g/mol. The number of benzene rings is 1. The zero-order valence-electron chi connectivity index (χ0n) is 8.13. The molecule has 4 heteroatoms. The third-order valence-corrected chi connectivity index (χ3v) is 2.22. The summed E-state index contributed by atoms with van der Waals surface area (Å²) in [6.45, 7) is 0.264. The van der Waals surface area contributed by atoms with Crippen molar-refractivity contribution in [1.29, 1.82) is 0 Å². The average Bonchev–Trinajstić information content (AvgIpc) is 2.65. The molecule has 0 radical (unpaired) electrons. The Bertz CT molecular complexity index is 336. The predicted molar refractivity (Wildman–Crippen MR) is 52.2 cm³/mol. The normalized spacial score (nSPS) is 25.1. The number of hydrogen-bond donors (Lipinski definition) is 1. The van der Waals surface area contributed by atoms with Crippen molar-refractivity contribution in [2.24, 2.45) is 0 Å². The first-order valence-electron chi connectivity index (χ1n) is 4.81. The smallest absolute Gasteiger partial charge is 0.338 e. The van der Waals surface area contributed by atoms with Crippen molar-refractivity contribution in [2.45, 2.75) is 18.8 Å². The quantitative estimate of drug-likeness (QED) is 0.735. The monoisotopic (exact) mass is 208 g/mol. The van der Waals surface area contributed by atoms with E-state index in [9.17, 15) is 4.79 Å². The molecule has 1 saturated heterocycles. The molecule has 1 fully saturated rings. The summed E-state index contributed by atoms with van der Waals surface area (Å²) < 4.78 is 10.0. The Morgan fingerprint density at radius 3 is 2.73 bits per heavy atom. The fourth-order valence-corrected chi connectivity index (χ4v) is 1.46. The molecule has 1 aromatic rings. The van der Waals surface area contributed by atoms with Gasteiger partial charge >= 0.3 is 5.97 Å². The summed E-state index contributed by atoms with van der Waals surface area (Å²) in [5, 5.41) is 9.07. The maximum Gasteiger partial charge on any atom is 0.338 e. The lowest BCUT2D eigenvalue weighted by atomic mass is 10.2. The summed E-state index contributed by atoms with van der Waals surface area (Å²) in [5.74, 6) is -0.377. The van der Waals surface area contributed by atoms with Crippen molar-refractivity contribution in [1.82, 2.24) is 0 Å². The molecule has 4 nitrogen and oxygen atoms in total. The summed E-state index contributed by atoms with van der Waals surface area (Å²) in [6, 6.07) is 8.76. The van der Waals surface area contributed by atoms with Gasteiger partial charge in [-0.05, 0) is 12.1 Å². The Balaban J connectivity index is 1.93.